The molecule has 0 saturated carbocycles. The predicted octanol–water partition coefficient (Wildman–Crippen LogP) is 3.34. The number of rotatable bonds is 3. The highest BCUT2D eigenvalue weighted by Gasteiger charge is 2.14. The van der Waals surface area contributed by atoms with Crippen molar-refractivity contribution < 1.29 is 9.59 Å². The maximum atomic E-state index is 12.1. The molecule has 0 spiro atoms. The molecule has 2 aromatic carbocycles. The molecule has 20 heavy (non-hydrogen) atoms. The lowest BCUT2D eigenvalue weighted by atomic mass is 10.1. The molecule has 6 heteroatoms. The first-order chi connectivity index (χ1) is 9.49. The van der Waals surface area contributed by atoms with Gasteiger partial charge < -0.3 is 11.1 Å². The number of amides is 2. The second-order valence-electron chi connectivity index (χ2n) is 3.99. The van der Waals surface area contributed by atoms with Gasteiger partial charge in [0, 0.05) is 11.3 Å². The molecule has 0 aromatic heterocycles. The number of anilines is 1. The van der Waals surface area contributed by atoms with E-state index in [4.69, 9.17) is 28.9 Å². The summed E-state index contributed by atoms with van der Waals surface area (Å²) in [4.78, 5) is 23.0. The monoisotopic (exact) mass is 308 g/mol. The molecule has 0 unspecified atom stereocenters. The molecule has 0 aliphatic carbocycles. The average Bonchev–Trinajstić information content (AvgIpc) is 2.39. The van der Waals surface area contributed by atoms with Gasteiger partial charge in [-0.15, -0.1) is 0 Å². The van der Waals surface area contributed by atoms with E-state index in [1.165, 1.54) is 12.1 Å². The zero-order chi connectivity index (χ0) is 14.7. The standard InChI is InChI=1S/C14H10Cl2N2O2/c15-10-2-1-3-11(16)12(10)14(20)18-9-6-4-8(5-7-9)13(17)19/h1-7H,(H2,17,19)(H,18,20). The molecule has 0 atom stereocenters. The minimum Gasteiger partial charge on any atom is -0.366 e. The molecule has 0 bridgehead atoms. The highest BCUT2D eigenvalue weighted by molar-refractivity contribution is 6.40. The Kier molecular flexibility index (Phi) is 4.27. The van der Waals surface area contributed by atoms with Crippen LogP contribution in [-0.4, -0.2) is 11.8 Å². The Hall–Kier alpha value is -2.04. The number of carbonyl (C=O) groups is 2. The van der Waals surface area contributed by atoms with Crippen molar-refractivity contribution in [1.82, 2.24) is 0 Å². The van der Waals surface area contributed by atoms with Crippen LogP contribution in [-0.2, 0) is 0 Å². The summed E-state index contributed by atoms with van der Waals surface area (Å²) in [6.07, 6.45) is 0. The second kappa shape index (κ2) is 5.94. The quantitative estimate of drug-likeness (QED) is 0.912. The van der Waals surface area contributed by atoms with Gasteiger partial charge in [0.2, 0.25) is 5.91 Å². The highest BCUT2D eigenvalue weighted by atomic mass is 35.5. The van der Waals surface area contributed by atoms with Crippen molar-refractivity contribution in [2.75, 3.05) is 5.32 Å². The largest absolute Gasteiger partial charge is 0.366 e. The maximum absolute atomic E-state index is 12.1. The van der Waals surface area contributed by atoms with Gasteiger partial charge in [-0.3, -0.25) is 9.59 Å². The number of carbonyl (C=O) groups excluding carboxylic acids is 2. The van der Waals surface area contributed by atoms with Crippen LogP contribution in [0.1, 0.15) is 20.7 Å². The normalized spacial score (nSPS) is 10.1. The maximum Gasteiger partial charge on any atom is 0.258 e. The first-order valence-corrected chi connectivity index (χ1v) is 6.40. The van der Waals surface area contributed by atoms with Gasteiger partial charge in [0.25, 0.3) is 5.91 Å². The fourth-order valence-corrected chi connectivity index (χ4v) is 2.20. The Bertz CT molecular complexity index is 649. The molecular weight excluding hydrogens is 299 g/mol. The van der Waals surface area contributed by atoms with Crippen LogP contribution in [0.5, 0.6) is 0 Å². The Morgan fingerprint density at radius 2 is 1.50 bits per heavy atom. The van der Waals surface area contributed by atoms with E-state index in [0.717, 1.165) is 0 Å². The highest BCUT2D eigenvalue weighted by Crippen LogP contribution is 2.25. The van der Waals surface area contributed by atoms with Crippen LogP contribution in [0, 0.1) is 0 Å². The van der Waals surface area contributed by atoms with Gasteiger partial charge in [0.15, 0.2) is 0 Å². The molecule has 2 rings (SSSR count). The lowest BCUT2D eigenvalue weighted by Gasteiger charge is -2.08. The molecule has 0 fully saturated rings. The van der Waals surface area contributed by atoms with Gasteiger partial charge in [-0.2, -0.15) is 0 Å². The smallest absolute Gasteiger partial charge is 0.258 e. The number of benzene rings is 2. The lowest BCUT2D eigenvalue weighted by molar-refractivity contribution is 0.0998. The van der Waals surface area contributed by atoms with Crippen molar-refractivity contribution in [2.45, 2.75) is 0 Å². The molecule has 4 nitrogen and oxygen atoms in total. The Labute approximate surface area is 125 Å². The molecule has 0 radical (unpaired) electrons. The third kappa shape index (κ3) is 3.10. The Balaban J connectivity index is 2.21. The van der Waals surface area contributed by atoms with Crippen molar-refractivity contribution in [3.05, 3.63) is 63.6 Å². The molecule has 0 heterocycles. The number of hydrogen-bond acceptors (Lipinski definition) is 2. The SMILES string of the molecule is NC(=O)c1ccc(NC(=O)c2c(Cl)cccc2Cl)cc1. The van der Waals surface area contributed by atoms with Gasteiger partial charge in [-0.1, -0.05) is 29.3 Å². The van der Waals surface area contributed by atoms with Crippen molar-refractivity contribution in [1.29, 1.82) is 0 Å². The van der Waals surface area contributed by atoms with Gasteiger partial charge in [-0.25, -0.2) is 0 Å². The lowest BCUT2D eigenvalue weighted by Crippen LogP contribution is -2.14. The van der Waals surface area contributed by atoms with Crippen LogP contribution in [0.15, 0.2) is 42.5 Å². The summed E-state index contributed by atoms with van der Waals surface area (Å²) in [6, 6.07) is 11.0. The molecule has 102 valence electrons. The van der Waals surface area contributed by atoms with E-state index in [1.54, 1.807) is 30.3 Å². The van der Waals surface area contributed by atoms with E-state index in [-0.39, 0.29) is 15.6 Å². The van der Waals surface area contributed by atoms with E-state index >= 15 is 0 Å². The van der Waals surface area contributed by atoms with Crippen molar-refractivity contribution in [3.63, 3.8) is 0 Å². The van der Waals surface area contributed by atoms with E-state index < -0.39 is 11.8 Å². The summed E-state index contributed by atoms with van der Waals surface area (Å²) in [5.74, 6) is -0.954. The summed E-state index contributed by atoms with van der Waals surface area (Å²) in [5.41, 5.74) is 6.21. The zero-order valence-corrected chi connectivity index (χ0v) is 11.7. The minimum atomic E-state index is -0.531. The van der Waals surface area contributed by atoms with Gasteiger partial charge in [-0.05, 0) is 36.4 Å². The van der Waals surface area contributed by atoms with Crippen LogP contribution in [0.3, 0.4) is 0 Å². The van der Waals surface area contributed by atoms with E-state index in [0.29, 0.717) is 11.3 Å². The van der Waals surface area contributed by atoms with Crippen LogP contribution in [0.25, 0.3) is 0 Å². The molecule has 3 N–H and O–H groups in total. The fraction of sp³-hybridized carbons (Fsp3) is 0. The summed E-state index contributed by atoms with van der Waals surface area (Å²) < 4.78 is 0. The topological polar surface area (TPSA) is 72.2 Å². The Morgan fingerprint density at radius 1 is 0.950 bits per heavy atom. The number of hydrogen-bond donors (Lipinski definition) is 2. The van der Waals surface area contributed by atoms with Crippen molar-refractivity contribution in [3.8, 4) is 0 Å². The number of halogens is 2. The summed E-state index contributed by atoms with van der Waals surface area (Å²) >= 11 is 11.9. The third-order valence-corrected chi connectivity index (χ3v) is 3.25. The molecule has 0 saturated heterocycles. The van der Waals surface area contributed by atoms with Gasteiger partial charge in [0.1, 0.15) is 0 Å². The molecule has 2 aromatic rings. The third-order valence-electron chi connectivity index (χ3n) is 2.62. The summed E-state index contributed by atoms with van der Waals surface area (Å²) in [5, 5.41) is 3.18. The van der Waals surface area contributed by atoms with Crippen LogP contribution < -0.4 is 11.1 Å². The number of nitrogens with one attached hydrogen (secondary N) is 1. The second-order valence-corrected chi connectivity index (χ2v) is 4.81. The minimum absolute atomic E-state index is 0.204. The van der Waals surface area contributed by atoms with Crippen LogP contribution >= 0.6 is 23.2 Å². The fourth-order valence-electron chi connectivity index (χ4n) is 1.63. The summed E-state index contributed by atoms with van der Waals surface area (Å²) in [6.45, 7) is 0. The molecule has 0 aliphatic heterocycles. The van der Waals surface area contributed by atoms with E-state index in [2.05, 4.69) is 5.32 Å². The first kappa shape index (κ1) is 14.4. The molecule has 0 aliphatic rings. The number of nitrogens with two attached hydrogens (primary N) is 1. The van der Waals surface area contributed by atoms with Crippen molar-refractivity contribution >= 4 is 40.7 Å². The summed E-state index contributed by atoms with van der Waals surface area (Å²) in [7, 11) is 0. The first-order valence-electron chi connectivity index (χ1n) is 5.64. The molecule has 2 amide bonds. The van der Waals surface area contributed by atoms with E-state index in [9.17, 15) is 9.59 Å². The zero-order valence-electron chi connectivity index (χ0n) is 10.2. The number of primary amides is 1. The predicted molar refractivity (Wildman–Crippen MR) is 79.4 cm³/mol. The van der Waals surface area contributed by atoms with Gasteiger partial charge in [0.05, 0.1) is 15.6 Å². The molecular formula is C14H10Cl2N2O2. The Morgan fingerprint density at radius 3 is 2.00 bits per heavy atom. The van der Waals surface area contributed by atoms with Crippen LogP contribution in [0.2, 0.25) is 10.0 Å². The van der Waals surface area contributed by atoms with Crippen molar-refractivity contribution in [2.24, 2.45) is 5.73 Å². The van der Waals surface area contributed by atoms with E-state index in [1.807, 2.05) is 0 Å². The average molecular weight is 309 g/mol. The van der Waals surface area contributed by atoms with Crippen LogP contribution in [0.4, 0.5) is 5.69 Å². The van der Waals surface area contributed by atoms with Gasteiger partial charge >= 0.3 is 0 Å².